The lowest BCUT2D eigenvalue weighted by atomic mass is 10.2. The van der Waals surface area contributed by atoms with Gasteiger partial charge in [0.05, 0.1) is 4.70 Å². The van der Waals surface area contributed by atoms with Gasteiger partial charge in [0.1, 0.15) is 5.82 Å². The summed E-state index contributed by atoms with van der Waals surface area (Å²) in [4.78, 5) is 15.2. The van der Waals surface area contributed by atoms with E-state index in [4.69, 9.17) is 5.11 Å². The number of hydrogen-bond donors (Lipinski definition) is 1. The van der Waals surface area contributed by atoms with Gasteiger partial charge in [-0.2, -0.15) is 4.37 Å². The zero-order valence-corrected chi connectivity index (χ0v) is 13.6. The highest BCUT2D eigenvalue weighted by Crippen LogP contribution is 2.30. The van der Waals surface area contributed by atoms with Crippen LogP contribution in [0.25, 0.3) is 10.1 Å². The molecule has 1 aliphatic heterocycles. The van der Waals surface area contributed by atoms with Crippen LogP contribution in [-0.4, -0.2) is 51.8 Å². The Morgan fingerprint density at radius 1 is 1.00 bits per heavy atom. The molecule has 8 heteroatoms. The van der Waals surface area contributed by atoms with Crippen LogP contribution in [-0.2, 0) is 0 Å². The van der Waals surface area contributed by atoms with Gasteiger partial charge in [-0.1, -0.05) is 12.1 Å². The molecule has 3 aromatic rings. The van der Waals surface area contributed by atoms with Crippen molar-refractivity contribution in [1.29, 1.82) is 0 Å². The van der Waals surface area contributed by atoms with Crippen LogP contribution >= 0.6 is 11.5 Å². The van der Waals surface area contributed by atoms with E-state index in [1.54, 1.807) is 6.07 Å². The molecule has 122 valence electrons. The normalized spacial score (nSPS) is 15.0. The first kappa shape index (κ1) is 14.8. The largest absolute Gasteiger partial charge is 0.476 e. The number of aromatic nitrogens is 3. The number of carboxylic acid groups (broad SMARTS) is 1. The van der Waals surface area contributed by atoms with Crippen molar-refractivity contribution >= 4 is 39.2 Å². The Morgan fingerprint density at radius 2 is 1.75 bits per heavy atom. The van der Waals surface area contributed by atoms with Gasteiger partial charge in [-0.05, 0) is 35.8 Å². The summed E-state index contributed by atoms with van der Waals surface area (Å²) in [6, 6.07) is 11.5. The van der Waals surface area contributed by atoms with Gasteiger partial charge in [-0.25, -0.2) is 4.79 Å². The minimum Gasteiger partial charge on any atom is -0.476 e. The maximum absolute atomic E-state index is 10.8. The highest BCUT2D eigenvalue weighted by molar-refractivity contribution is 7.13. The predicted octanol–water partition coefficient (Wildman–Crippen LogP) is 2.11. The molecule has 0 bridgehead atoms. The molecule has 4 rings (SSSR count). The molecule has 0 atom stereocenters. The molecule has 0 aliphatic carbocycles. The molecule has 24 heavy (non-hydrogen) atoms. The SMILES string of the molecule is O=C(O)c1ccc(N2CCN(c3nsc4ccccc34)CC2)nn1. The summed E-state index contributed by atoms with van der Waals surface area (Å²) in [7, 11) is 0. The maximum Gasteiger partial charge on any atom is 0.356 e. The zero-order chi connectivity index (χ0) is 16.5. The molecular weight excluding hydrogens is 326 g/mol. The third-order valence-corrected chi connectivity index (χ3v) is 4.95. The molecule has 7 nitrogen and oxygen atoms in total. The van der Waals surface area contributed by atoms with Crippen LogP contribution in [0.4, 0.5) is 11.6 Å². The number of aromatic carboxylic acids is 1. The number of carbonyl (C=O) groups is 1. The molecule has 1 saturated heterocycles. The van der Waals surface area contributed by atoms with E-state index in [0.717, 1.165) is 32.0 Å². The predicted molar refractivity (Wildman–Crippen MR) is 93.0 cm³/mol. The number of anilines is 2. The van der Waals surface area contributed by atoms with E-state index >= 15 is 0 Å². The van der Waals surface area contributed by atoms with Crippen molar-refractivity contribution in [3.63, 3.8) is 0 Å². The summed E-state index contributed by atoms with van der Waals surface area (Å²) >= 11 is 1.53. The quantitative estimate of drug-likeness (QED) is 0.781. The first-order chi connectivity index (χ1) is 11.7. The van der Waals surface area contributed by atoms with Gasteiger partial charge in [0.2, 0.25) is 0 Å². The van der Waals surface area contributed by atoms with Gasteiger partial charge in [0, 0.05) is 31.6 Å². The molecule has 0 amide bonds. The van der Waals surface area contributed by atoms with Crippen LogP contribution in [0.3, 0.4) is 0 Å². The fraction of sp³-hybridized carbons (Fsp3) is 0.250. The molecule has 1 aromatic carbocycles. The average molecular weight is 341 g/mol. The van der Waals surface area contributed by atoms with Crippen LogP contribution in [0.15, 0.2) is 36.4 Å². The van der Waals surface area contributed by atoms with Crippen LogP contribution in [0.2, 0.25) is 0 Å². The van der Waals surface area contributed by atoms with Gasteiger partial charge in [-0.15, -0.1) is 10.2 Å². The summed E-state index contributed by atoms with van der Waals surface area (Å²) in [5.41, 5.74) is -0.0358. The van der Waals surface area contributed by atoms with Crippen LogP contribution in [0.5, 0.6) is 0 Å². The van der Waals surface area contributed by atoms with Crippen molar-refractivity contribution in [2.75, 3.05) is 36.0 Å². The van der Waals surface area contributed by atoms with Crippen molar-refractivity contribution in [3.05, 3.63) is 42.1 Å². The summed E-state index contributed by atoms with van der Waals surface area (Å²) in [6.07, 6.45) is 0. The molecular formula is C16H15N5O2S. The van der Waals surface area contributed by atoms with Crippen molar-refractivity contribution in [2.24, 2.45) is 0 Å². The Morgan fingerprint density at radius 3 is 2.46 bits per heavy atom. The average Bonchev–Trinajstić information content (AvgIpc) is 3.06. The zero-order valence-electron chi connectivity index (χ0n) is 12.8. The number of benzene rings is 1. The first-order valence-corrected chi connectivity index (χ1v) is 8.41. The van der Waals surface area contributed by atoms with E-state index in [0.29, 0.717) is 5.82 Å². The Hall–Kier alpha value is -2.74. The maximum atomic E-state index is 10.8. The minimum atomic E-state index is -1.06. The lowest BCUT2D eigenvalue weighted by Crippen LogP contribution is -2.47. The smallest absolute Gasteiger partial charge is 0.356 e. The van der Waals surface area contributed by atoms with Crippen LogP contribution < -0.4 is 9.80 Å². The lowest BCUT2D eigenvalue weighted by Gasteiger charge is -2.35. The number of rotatable bonds is 3. The first-order valence-electron chi connectivity index (χ1n) is 7.64. The Labute approximate surface area is 142 Å². The molecule has 1 N–H and O–H groups in total. The standard InChI is InChI=1S/C16H15N5O2S/c22-16(23)12-5-6-14(18-17-12)20-7-9-21(10-8-20)15-11-3-1-2-4-13(11)24-19-15/h1-6H,7-10H2,(H,22,23). The van der Waals surface area contributed by atoms with E-state index in [-0.39, 0.29) is 5.69 Å². The third kappa shape index (κ3) is 2.65. The van der Waals surface area contributed by atoms with Crippen molar-refractivity contribution in [3.8, 4) is 0 Å². The fourth-order valence-corrected chi connectivity index (χ4v) is 3.65. The molecule has 0 spiro atoms. The van der Waals surface area contributed by atoms with Gasteiger partial charge in [0.25, 0.3) is 0 Å². The molecule has 0 unspecified atom stereocenters. The van der Waals surface area contributed by atoms with Crippen LogP contribution in [0.1, 0.15) is 10.5 Å². The molecule has 1 fully saturated rings. The van der Waals surface area contributed by atoms with Gasteiger partial charge in [-0.3, -0.25) is 0 Å². The third-order valence-electron chi connectivity index (χ3n) is 4.13. The number of piperazine rings is 1. The van der Waals surface area contributed by atoms with Gasteiger partial charge in [0.15, 0.2) is 11.5 Å². The molecule has 0 radical (unpaired) electrons. The highest BCUT2D eigenvalue weighted by Gasteiger charge is 2.22. The topological polar surface area (TPSA) is 82.5 Å². The van der Waals surface area contributed by atoms with E-state index in [9.17, 15) is 4.79 Å². The van der Waals surface area contributed by atoms with Gasteiger partial charge < -0.3 is 14.9 Å². The molecule has 3 heterocycles. The van der Waals surface area contributed by atoms with E-state index in [1.807, 2.05) is 12.1 Å². The van der Waals surface area contributed by atoms with E-state index < -0.39 is 5.97 Å². The highest BCUT2D eigenvalue weighted by atomic mass is 32.1. The second-order valence-corrected chi connectivity index (χ2v) is 6.36. The summed E-state index contributed by atoms with van der Waals surface area (Å²) < 4.78 is 5.80. The van der Waals surface area contributed by atoms with E-state index in [2.05, 4.69) is 36.5 Å². The molecule has 1 aliphatic rings. The number of fused-ring (bicyclic) bond motifs is 1. The number of nitrogens with zero attached hydrogens (tertiary/aromatic N) is 5. The van der Waals surface area contributed by atoms with Crippen LogP contribution in [0, 0.1) is 0 Å². The van der Waals surface area contributed by atoms with E-state index in [1.165, 1.54) is 27.7 Å². The van der Waals surface area contributed by atoms with Gasteiger partial charge >= 0.3 is 5.97 Å². The van der Waals surface area contributed by atoms with Crippen molar-refractivity contribution in [2.45, 2.75) is 0 Å². The fourth-order valence-electron chi connectivity index (χ4n) is 2.86. The summed E-state index contributed by atoms with van der Waals surface area (Å²) in [6.45, 7) is 3.28. The Kier molecular flexibility index (Phi) is 3.73. The minimum absolute atomic E-state index is 0.0358. The Bertz CT molecular complexity index is 872. The van der Waals surface area contributed by atoms with Crippen molar-refractivity contribution in [1.82, 2.24) is 14.6 Å². The molecule has 2 aromatic heterocycles. The lowest BCUT2D eigenvalue weighted by molar-refractivity contribution is 0.0689. The summed E-state index contributed by atoms with van der Waals surface area (Å²) in [5.74, 6) is 0.694. The Balaban J connectivity index is 1.47. The second kappa shape index (κ2) is 6.04. The molecule has 0 saturated carbocycles. The second-order valence-electron chi connectivity index (χ2n) is 5.56. The monoisotopic (exact) mass is 341 g/mol. The number of hydrogen-bond acceptors (Lipinski definition) is 7. The van der Waals surface area contributed by atoms with Crippen molar-refractivity contribution < 1.29 is 9.90 Å². The number of carboxylic acids is 1. The summed E-state index contributed by atoms with van der Waals surface area (Å²) in [5, 5.41) is 17.9.